The van der Waals surface area contributed by atoms with Gasteiger partial charge in [-0.15, -0.1) is 0 Å². The van der Waals surface area contributed by atoms with E-state index in [1.165, 1.54) is 12.8 Å². The molecular weight excluding hydrogens is 242 g/mol. The van der Waals surface area contributed by atoms with Gasteiger partial charge in [-0.25, -0.2) is 0 Å². The van der Waals surface area contributed by atoms with Crippen LogP contribution in [-0.2, 0) is 9.53 Å². The zero-order valence-electron chi connectivity index (χ0n) is 11.8. The summed E-state index contributed by atoms with van der Waals surface area (Å²) in [5.41, 5.74) is 0. The molecule has 1 amide bonds. The van der Waals surface area contributed by atoms with Crippen LogP contribution in [0.1, 0.15) is 32.1 Å². The lowest BCUT2D eigenvalue weighted by molar-refractivity contribution is -0.121. The first-order chi connectivity index (χ1) is 9.34. The molecule has 0 saturated carbocycles. The van der Waals surface area contributed by atoms with Crippen molar-refractivity contribution >= 4 is 5.91 Å². The molecule has 2 aliphatic heterocycles. The molecule has 0 bridgehead atoms. The predicted octanol–water partition coefficient (Wildman–Crippen LogP) is 0.357. The van der Waals surface area contributed by atoms with E-state index in [1.54, 1.807) is 0 Å². The normalized spacial score (nSPS) is 25.2. The fraction of sp³-hybridized carbons (Fsp3) is 0.929. The van der Waals surface area contributed by atoms with Gasteiger partial charge < -0.3 is 15.4 Å². The van der Waals surface area contributed by atoms with Gasteiger partial charge in [0.05, 0.1) is 13.2 Å². The lowest BCUT2D eigenvalue weighted by Gasteiger charge is -2.26. The Morgan fingerprint density at radius 1 is 1.32 bits per heavy atom. The van der Waals surface area contributed by atoms with Crippen molar-refractivity contribution in [2.75, 3.05) is 45.9 Å². The van der Waals surface area contributed by atoms with Crippen LogP contribution in [0.3, 0.4) is 0 Å². The van der Waals surface area contributed by atoms with Crippen molar-refractivity contribution in [3.8, 4) is 0 Å². The number of amides is 1. The van der Waals surface area contributed by atoms with Gasteiger partial charge in [-0.05, 0) is 32.4 Å². The summed E-state index contributed by atoms with van der Waals surface area (Å²) in [7, 11) is 0. The molecule has 0 spiro atoms. The molecule has 0 aromatic rings. The van der Waals surface area contributed by atoms with E-state index >= 15 is 0 Å². The molecule has 2 heterocycles. The number of hydrogen-bond acceptors (Lipinski definition) is 4. The SMILES string of the molecule is O=C(CC1CCCCN1)NCCCN1CCOCC1. The van der Waals surface area contributed by atoms with Crippen LogP contribution in [0.25, 0.3) is 0 Å². The standard InChI is InChI=1S/C14H27N3O2/c18-14(12-13-4-1-2-5-15-13)16-6-3-7-17-8-10-19-11-9-17/h13,15H,1-12H2,(H,16,18). The van der Waals surface area contributed by atoms with E-state index in [0.29, 0.717) is 12.5 Å². The predicted molar refractivity (Wildman–Crippen MR) is 75.1 cm³/mol. The molecule has 19 heavy (non-hydrogen) atoms. The Hall–Kier alpha value is -0.650. The Bertz CT molecular complexity index is 261. The lowest BCUT2D eigenvalue weighted by atomic mass is 10.0. The van der Waals surface area contributed by atoms with Crippen molar-refractivity contribution in [3.63, 3.8) is 0 Å². The van der Waals surface area contributed by atoms with Crippen molar-refractivity contribution in [2.24, 2.45) is 0 Å². The van der Waals surface area contributed by atoms with Crippen LogP contribution in [-0.4, -0.2) is 62.8 Å². The average molecular weight is 269 g/mol. The molecular formula is C14H27N3O2. The minimum Gasteiger partial charge on any atom is -0.379 e. The van der Waals surface area contributed by atoms with E-state index in [1.807, 2.05) is 0 Å². The third-order valence-electron chi connectivity index (χ3n) is 3.92. The highest BCUT2D eigenvalue weighted by Crippen LogP contribution is 2.09. The number of piperidine rings is 1. The van der Waals surface area contributed by atoms with Crippen molar-refractivity contribution in [3.05, 3.63) is 0 Å². The van der Waals surface area contributed by atoms with E-state index in [0.717, 1.165) is 58.8 Å². The molecule has 5 heteroatoms. The molecule has 110 valence electrons. The summed E-state index contributed by atoms with van der Waals surface area (Å²) in [4.78, 5) is 14.2. The van der Waals surface area contributed by atoms with E-state index < -0.39 is 0 Å². The smallest absolute Gasteiger partial charge is 0.221 e. The maximum Gasteiger partial charge on any atom is 0.221 e. The highest BCUT2D eigenvalue weighted by Gasteiger charge is 2.16. The number of carbonyl (C=O) groups excluding carboxylic acids is 1. The van der Waals surface area contributed by atoms with Gasteiger partial charge in [-0.2, -0.15) is 0 Å². The molecule has 2 aliphatic rings. The number of rotatable bonds is 6. The summed E-state index contributed by atoms with van der Waals surface area (Å²) >= 11 is 0. The van der Waals surface area contributed by atoms with E-state index in [2.05, 4.69) is 15.5 Å². The van der Waals surface area contributed by atoms with Crippen LogP contribution in [0.4, 0.5) is 0 Å². The fourth-order valence-corrected chi connectivity index (χ4v) is 2.75. The number of ether oxygens (including phenoxy) is 1. The first kappa shape index (κ1) is 14.8. The number of morpholine rings is 1. The van der Waals surface area contributed by atoms with Crippen LogP contribution >= 0.6 is 0 Å². The quantitative estimate of drug-likeness (QED) is 0.684. The highest BCUT2D eigenvalue weighted by atomic mass is 16.5. The Morgan fingerprint density at radius 3 is 2.89 bits per heavy atom. The molecule has 0 aromatic heterocycles. The second-order valence-electron chi connectivity index (χ2n) is 5.51. The van der Waals surface area contributed by atoms with Gasteiger partial charge in [0, 0.05) is 32.1 Å². The summed E-state index contributed by atoms with van der Waals surface area (Å²) in [6.45, 7) is 6.67. The Balaban J connectivity index is 1.48. The number of hydrogen-bond donors (Lipinski definition) is 2. The van der Waals surface area contributed by atoms with Gasteiger partial charge >= 0.3 is 0 Å². The van der Waals surface area contributed by atoms with Crippen LogP contribution in [0.2, 0.25) is 0 Å². The van der Waals surface area contributed by atoms with Gasteiger partial charge in [-0.1, -0.05) is 6.42 Å². The molecule has 0 aromatic carbocycles. The van der Waals surface area contributed by atoms with Crippen LogP contribution in [0, 0.1) is 0 Å². The van der Waals surface area contributed by atoms with E-state index in [9.17, 15) is 4.79 Å². The Kier molecular flexibility index (Phi) is 6.61. The summed E-state index contributed by atoms with van der Waals surface area (Å²) in [5.74, 6) is 0.196. The van der Waals surface area contributed by atoms with Crippen molar-refractivity contribution in [2.45, 2.75) is 38.1 Å². The molecule has 2 saturated heterocycles. The molecule has 0 radical (unpaired) electrons. The van der Waals surface area contributed by atoms with Gasteiger partial charge in [0.25, 0.3) is 0 Å². The second kappa shape index (κ2) is 8.51. The Labute approximate surface area is 116 Å². The van der Waals surface area contributed by atoms with Gasteiger partial charge in [-0.3, -0.25) is 9.69 Å². The lowest BCUT2D eigenvalue weighted by Crippen LogP contribution is -2.40. The summed E-state index contributed by atoms with van der Waals surface area (Å²) in [6, 6.07) is 0.396. The molecule has 5 nitrogen and oxygen atoms in total. The molecule has 0 aliphatic carbocycles. The van der Waals surface area contributed by atoms with Crippen LogP contribution < -0.4 is 10.6 Å². The summed E-state index contributed by atoms with van der Waals surface area (Å²) < 4.78 is 5.31. The van der Waals surface area contributed by atoms with Gasteiger partial charge in [0.2, 0.25) is 5.91 Å². The van der Waals surface area contributed by atoms with Crippen molar-refractivity contribution in [1.29, 1.82) is 0 Å². The Morgan fingerprint density at radius 2 is 2.16 bits per heavy atom. The minimum absolute atomic E-state index is 0.196. The topological polar surface area (TPSA) is 53.6 Å². The monoisotopic (exact) mass is 269 g/mol. The first-order valence-corrected chi connectivity index (χ1v) is 7.65. The van der Waals surface area contributed by atoms with Crippen LogP contribution in [0.5, 0.6) is 0 Å². The molecule has 2 fully saturated rings. The van der Waals surface area contributed by atoms with E-state index in [4.69, 9.17) is 4.74 Å². The number of nitrogens with zero attached hydrogens (tertiary/aromatic N) is 1. The maximum atomic E-state index is 11.8. The third kappa shape index (κ3) is 5.89. The summed E-state index contributed by atoms with van der Waals surface area (Å²) in [6.07, 6.45) is 5.31. The van der Waals surface area contributed by atoms with Crippen molar-refractivity contribution < 1.29 is 9.53 Å². The molecule has 2 N–H and O–H groups in total. The van der Waals surface area contributed by atoms with E-state index in [-0.39, 0.29) is 5.91 Å². The molecule has 2 rings (SSSR count). The largest absolute Gasteiger partial charge is 0.379 e. The second-order valence-corrected chi connectivity index (χ2v) is 5.51. The third-order valence-corrected chi connectivity index (χ3v) is 3.92. The summed E-state index contributed by atoms with van der Waals surface area (Å²) in [5, 5.41) is 6.44. The fourth-order valence-electron chi connectivity index (χ4n) is 2.75. The molecule has 1 atom stereocenters. The highest BCUT2D eigenvalue weighted by molar-refractivity contribution is 5.76. The van der Waals surface area contributed by atoms with Gasteiger partial charge in [0.15, 0.2) is 0 Å². The van der Waals surface area contributed by atoms with Gasteiger partial charge in [0.1, 0.15) is 0 Å². The van der Waals surface area contributed by atoms with Crippen LogP contribution in [0.15, 0.2) is 0 Å². The minimum atomic E-state index is 0.196. The number of nitrogens with one attached hydrogen (secondary N) is 2. The zero-order valence-corrected chi connectivity index (χ0v) is 11.8. The average Bonchev–Trinajstić information content (AvgIpc) is 2.46. The number of carbonyl (C=O) groups is 1. The van der Waals surface area contributed by atoms with Crippen molar-refractivity contribution in [1.82, 2.24) is 15.5 Å². The first-order valence-electron chi connectivity index (χ1n) is 7.65. The molecule has 1 unspecified atom stereocenters. The zero-order chi connectivity index (χ0) is 13.3. The maximum absolute atomic E-state index is 11.8.